The van der Waals surface area contributed by atoms with Gasteiger partial charge in [-0.2, -0.15) is 6.92 Å². The molecule has 0 aliphatic carbocycles. The molecule has 0 heterocycles. The van der Waals surface area contributed by atoms with Crippen LogP contribution >= 0.6 is 0 Å². The molecule has 0 unspecified atom stereocenters. The molecule has 0 aliphatic heterocycles. The van der Waals surface area contributed by atoms with Gasteiger partial charge in [-0.15, -0.1) is 6.23 Å². The summed E-state index contributed by atoms with van der Waals surface area (Å²) in [6.07, 6.45) is -0.0833. The summed E-state index contributed by atoms with van der Waals surface area (Å²) in [5.41, 5.74) is 4.58. The first-order valence-electron chi connectivity index (χ1n) is 2.57. The Morgan fingerprint density at radius 1 is 1.23 bits per heavy atom. The van der Waals surface area contributed by atoms with E-state index >= 15 is 0 Å². The molecule has 6 nitrogen and oxygen atoms in total. The molecule has 5 N–H and O–H groups in total. The van der Waals surface area contributed by atoms with Crippen molar-refractivity contribution in [1.82, 2.24) is 0 Å². The zero-order chi connectivity index (χ0) is 10.7. The molecule has 0 fully saturated rings. The zero-order valence-electron chi connectivity index (χ0n) is 7.36. The molecule has 0 saturated carbocycles. The van der Waals surface area contributed by atoms with Crippen molar-refractivity contribution in [2.75, 3.05) is 0 Å². The predicted molar refractivity (Wildman–Crippen MR) is 41.0 cm³/mol. The summed E-state index contributed by atoms with van der Waals surface area (Å²) in [5, 5.41) is 22.4. The van der Waals surface area contributed by atoms with Gasteiger partial charge in [-0.25, -0.2) is 0 Å². The Labute approximate surface area is 96.9 Å². The smallest absolute Gasteiger partial charge is 0.161 e. The summed E-state index contributed by atoms with van der Waals surface area (Å²) in [7, 11) is 0. The number of nitrogens with two attached hydrogens (primary N) is 1. The number of carboxylic acid groups (broad SMARTS) is 2. The van der Waals surface area contributed by atoms with Crippen LogP contribution in [0.15, 0.2) is 0 Å². The van der Waals surface area contributed by atoms with Crippen LogP contribution in [0.5, 0.6) is 0 Å². The fraction of sp³-hybridized carbons (Fsp3) is 0.167. The quantitative estimate of drug-likeness (QED) is 0.357. The van der Waals surface area contributed by atoms with Gasteiger partial charge in [0.05, 0.1) is 0 Å². The number of carboxylic acids is 2. The second-order valence-corrected chi connectivity index (χ2v) is 1.43. The van der Waals surface area contributed by atoms with Crippen molar-refractivity contribution in [2.24, 2.45) is 5.73 Å². The van der Waals surface area contributed by atoms with Gasteiger partial charge in [-0.1, -0.05) is 0 Å². The van der Waals surface area contributed by atoms with Crippen LogP contribution in [0.25, 0.3) is 0 Å². The average Bonchev–Trinajstić information content (AvgIpc) is 1.54. The van der Waals surface area contributed by atoms with E-state index in [-0.39, 0.29) is 33.5 Å². The average molecular weight is 291 g/mol. The number of rotatable bonds is 0. The SMILES string of the molecule is C[C-](N)O.[CH2-]C(=O)O.[CH2-]C(=O)O.[Cd]. The zero-order valence-corrected chi connectivity index (χ0v) is 11.4. The van der Waals surface area contributed by atoms with Gasteiger partial charge >= 0.3 is 0 Å². The van der Waals surface area contributed by atoms with E-state index in [1.54, 1.807) is 0 Å². The molecule has 0 spiro atoms. The Kier molecular flexibility index (Phi) is 30.9. The number of aliphatic carboxylic acids is 2. The Bertz CT molecular complexity index is 105. The first kappa shape index (κ1) is 22.9. The van der Waals surface area contributed by atoms with Crippen LogP contribution < -0.4 is 5.73 Å². The number of hydrogen-bond acceptors (Lipinski definition) is 4. The number of aliphatic hydroxyl groups is 1. The third-order valence-electron chi connectivity index (χ3n) is 0. The Balaban J connectivity index is -0.0000000450. The third-order valence-corrected chi connectivity index (χ3v) is 0. The molecular formula is C6H12CdNO5-3. The molecule has 0 amide bonds. The molecule has 0 aromatic rings. The number of aliphatic hydroxyl groups excluding tert-OH is 1. The molecule has 76 valence electrons. The molecule has 0 rings (SSSR count). The van der Waals surface area contributed by atoms with Crippen LogP contribution in [0.4, 0.5) is 0 Å². The van der Waals surface area contributed by atoms with E-state index in [0.29, 0.717) is 0 Å². The van der Waals surface area contributed by atoms with E-state index in [9.17, 15) is 0 Å². The van der Waals surface area contributed by atoms with Crippen LogP contribution in [-0.2, 0) is 36.9 Å². The van der Waals surface area contributed by atoms with Gasteiger partial charge in [0.2, 0.25) is 0 Å². The summed E-state index contributed by atoms with van der Waals surface area (Å²) in [6.45, 7) is 6.53. The van der Waals surface area contributed by atoms with Crippen LogP contribution in [0.3, 0.4) is 0 Å². The minimum absolute atomic E-state index is 0. The molecule has 0 radical (unpaired) electrons. The monoisotopic (exact) mass is 292 g/mol. The van der Waals surface area contributed by atoms with Gasteiger partial charge < -0.3 is 21.1 Å². The Morgan fingerprint density at radius 2 is 1.23 bits per heavy atom. The normalized spacial score (nSPS) is 6.46. The molecule has 0 aromatic heterocycles. The van der Waals surface area contributed by atoms with Crippen LogP contribution in [-0.4, -0.2) is 27.3 Å². The van der Waals surface area contributed by atoms with E-state index in [1.165, 1.54) is 6.92 Å². The van der Waals surface area contributed by atoms with Crippen LogP contribution in [0.2, 0.25) is 0 Å². The first-order valence-corrected chi connectivity index (χ1v) is 2.57. The molecule has 0 bridgehead atoms. The second kappa shape index (κ2) is 17.6. The van der Waals surface area contributed by atoms with Gasteiger partial charge in [0.1, 0.15) is 0 Å². The molecule has 0 atom stereocenters. The summed E-state index contributed by atoms with van der Waals surface area (Å²) in [4.78, 5) is 17.8. The molecule has 13 heavy (non-hydrogen) atoms. The van der Waals surface area contributed by atoms with E-state index in [1.807, 2.05) is 0 Å². The molecule has 0 saturated heterocycles. The van der Waals surface area contributed by atoms with Crippen molar-refractivity contribution in [1.29, 1.82) is 0 Å². The fourth-order valence-electron chi connectivity index (χ4n) is 0. The first-order chi connectivity index (χ1) is 5.20. The van der Waals surface area contributed by atoms with Crippen molar-refractivity contribution in [2.45, 2.75) is 6.92 Å². The van der Waals surface area contributed by atoms with Gasteiger partial charge in [-0.3, -0.25) is 23.4 Å². The van der Waals surface area contributed by atoms with Crippen LogP contribution in [0.1, 0.15) is 6.92 Å². The van der Waals surface area contributed by atoms with Crippen LogP contribution in [0, 0.1) is 20.1 Å². The standard InChI is InChI=1S/C2H6NO.2C2H3O2.Cd/c3*1-2(3)4;/h4H,3H2,1H3;2*1H2,(H,3,4);/q3*-1;. The minimum Gasteiger partial charge on any atom is -0.549 e. The number of hydrogen-bond donors (Lipinski definition) is 4. The van der Waals surface area contributed by atoms with E-state index in [4.69, 9.17) is 24.9 Å². The van der Waals surface area contributed by atoms with E-state index in [2.05, 4.69) is 19.6 Å². The van der Waals surface area contributed by atoms with Gasteiger partial charge in [-0.05, 0) is 0 Å². The van der Waals surface area contributed by atoms with Gasteiger partial charge in [0.25, 0.3) is 0 Å². The minimum atomic E-state index is -1.08. The summed E-state index contributed by atoms with van der Waals surface area (Å²) in [6, 6.07) is 0. The largest absolute Gasteiger partial charge is 0.549 e. The number of carbonyl (C=O) groups is 2. The summed E-state index contributed by atoms with van der Waals surface area (Å²) >= 11 is 0. The molecule has 7 heteroatoms. The molecule has 0 aromatic carbocycles. The Morgan fingerprint density at radius 3 is 1.23 bits per heavy atom. The van der Waals surface area contributed by atoms with Crippen molar-refractivity contribution >= 4 is 11.9 Å². The maximum absolute atomic E-state index is 8.89. The third kappa shape index (κ3) is 4570. The van der Waals surface area contributed by atoms with E-state index in [0.717, 1.165) is 0 Å². The molecular weight excluding hydrogens is 278 g/mol. The van der Waals surface area contributed by atoms with Gasteiger partial charge in [0, 0.05) is 27.3 Å². The maximum Gasteiger partial charge on any atom is 0.161 e. The van der Waals surface area contributed by atoms with Crippen molar-refractivity contribution in [3.05, 3.63) is 20.1 Å². The van der Waals surface area contributed by atoms with E-state index < -0.39 is 11.9 Å². The van der Waals surface area contributed by atoms with Crippen molar-refractivity contribution in [3.63, 3.8) is 0 Å². The summed E-state index contributed by atoms with van der Waals surface area (Å²) in [5.74, 6) is -2.17. The molecule has 0 aliphatic rings. The topological polar surface area (TPSA) is 121 Å². The van der Waals surface area contributed by atoms with Gasteiger partial charge in [0.15, 0.2) is 11.9 Å². The second-order valence-electron chi connectivity index (χ2n) is 1.43. The van der Waals surface area contributed by atoms with Crippen molar-refractivity contribution in [3.8, 4) is 0 Å². The maximum atomic E-state index is 8.89. The fourth-order valence-corrected chi connectivity index (χ4v) is 0. The Hall–Kier alpha value is -0.478. The summed E-state index contributed by atoms with van der Waals surface area (Å²) < 4.78 is 0. The van der Waals surface area contributed by atoms with Crippen molar-refractivity contribution < 1.29 is 52.2 Å². The predicted octanol–water partition coefficient (Wildman–Crippen LogP) is -0.365.